The summed E-state index contributed by atoms with van der Waals surface area (Å²) in [6.45, 7) is 30.6. The van der Waals surface area contributed by atoms with Crippen LogP contribution in [0.4, 0.5) is 0 Å². The third-order valence-corrected chi connectivity index (χ3v) is 10.8. The van der Waals surface area contributed by atoms with E-state index in [4.69, 9.17) is 37.9 Å². The largest absolute Gasteiger partial charge is 0.466 e. The summed E-state index contributed by atoms with van der Waals surface area (Å²) < 4.78 is 90.7. The number of rotatable bonds is 44. The van der Waals surface area contributed by atoms with Crippen LogP contribution in [0.1, 0.15) is 191 Å². The van der Waals surface area contributed by atoms with Crippen molar-refractivity contribution in [2.24, 2.45) is 0 Å². The van der Waals surface area contributed by atoms with Crippen LogP contribution in [0.5, 0.6) is 0 Å². The molecule has 2 amide bonds. The van der Waals surface area contributed by atoms with Crippen molar-refractivity contribution in [2.45, 2.75) is 191 Å². The number of nitrogens with one attached hydrogen (secondary N) is 3. The average molecular weight is 1140 g/mol. The summed E-state index contributed by atoms with van der Waals surface area (Å²) in [6, 6.07) is 0. The van der Waals surface area contributed by atoms with Gasteiger partial charge in [-0.2, -0.15) is 8.42 Å². The van der Waals surface area contributed by atoms with Crippen LogP contribution < -0.4 is 15.4 Å². The quantitative estimate of drug-likeness (QED) is 0.0293. The molecule has 22 heteroatoms. The fourth-order valence-corrected chi connectivity index (χ4v) is 6.15. The number of hydrogen-bond acceptors (Lipinski definition) is 17. The number of hydrogen-bond donors (Lipinski definition) is 3. The topological polar surface area (TPSA) is 256 Å². The summed E-state index contributed by atoms with van der Waals surface area (Å²) in [5, 5.41) is 5.30. The molecule has 462 valence electrons. The van der Waals surface area contributed by atoms with Gasteiger partial charge >= 0.3 is 5.97 Å². The van der Waals surface area contributed by atoms with Gasteiger partial charge in [-0.25, -0.2) is 13.1 Å². The standard InChI is InChI=1S/C10H19NO3.C10H22O4.C10H22O2.C9H19NO4S.C6H15NO2S.C5H10O.C4H10O/c1-3-7-11-9(12)5-6-10(13)14-8-4-2;1-3-4-12-7-8-14-10-9-13-6-5-11-2;1-3-8-12-10-7-5-4-6-9-11-2;1-3-6-10-9(11)5-8-15(12,13)14-7-4-2;1-3-4-5-6-7-10(2,8)9;1-3-5(6)4-2;1-3-4-5-2/h3-8H2,1-2H3,(H,11,12);3-10H2,1-2H3;3-10H2,1-2H3;3-8H2,1-2H3,(H,10,11);7H,3-6H2,1-2H3;3-4H2,1-2H3;3-4H2,1-2H3. The zero-order valence-corrected chi connectivity index (χ0v) is 52.3. The lowest BCUT2D eigenvalue weighted by atomic mass is 10.2. The highest BCUT2D eigenvalue weighted by molar-refractivity contribution is 7.88. The van der Waals surface area contributed by atoms with Crippen LogP contribution in [0.25, 0.3) is 0 Å². The Bertz CT molecular complexity index is 1330. The first-order chi connectivity index (χ1) is 36.3. The maximum Gasteiger partial charge on any atom is 0.306 e. The lowest BCUT2D eigenvalue weighted by molar-refractivity contribution is -0.145. The van der Waals surface area contributed by atoms with Crippen molar-refractivity contribution in [3.05, 3.63) is 0 Å². The molecule has 0 spiro atoms. The molecule has 76 heavy (non-hydrogen) atoms. The second-order valence-corrected chi connectivity index (χ2v) is 20.3. The maximum atomic E-state index is 11.2. The van der Waals surface area contributed by atoms with Gasteiger partial charge in [0, 0.05) is 99.7 Å². The Labute approximate surface area is 465 Å². The first-order valence-electron chi connectivity index (χ1n) is 28.1. The summed E-state index contributed by atoms with van der Waals surface area (Å²) in [4.78, 5) is 43.3. The van der Waals surface area contributed by atoms with Crippen LogP contribution in [-0.4, -0.2) is 179 Å². The van der Waals surface area contributed by atoms with E-state index in [0.717, 1.165) is 90.8 Å². The van der Waals surface area contributed by atoms with Crippen molar-refractivity contribution in [1.82, 2.24) is 15.4 Å². The van der Waals surface area contributed by atoms with E-state index in [9.17, 15) is 36.0 Å². The fraction of sp³-hybridized carbons (Fsp3) is 0.926. The molecular weight excluding hydrogens is 1030 g/mol. The molecule has 0 radical (unpaired) electrons. The lowest BCUT2D eigenvalue weighted by Crippen LogP contribution is -2.26. The Morgan fingerprint density at radius 3 is 1.22 bits per heavy atom. The van der Waals surface area contributed by atoms with E-state index in [1.807, 2.05) is 41.5 Å². The van der Waals surface area contributed by atoms with Gasteiger partial charge in [0.15, 0.2) is 0 Å². The molecule has 0 saturated heterocycles. The van der Waals surface area contributed by atoms with Crippen LogP contribution in [0.3, 0.4) is 0 Å². The smallest absolute Gasteiger partial charge is 0.306 e. The Balaban J connectivity index is -0.000000150. The minimum absolute atomic E-state index is 0.0357. The highest BCUT2D eigenvalue weighted by Crippen LogP contribution is 2.01. The molecule has 0 heterocycles. The Morgan fingerprint density at radius 1 is 0.395 bits per heavy atom. The predicted octanol–water partition coefficient (Wildman–Crippen LogP) is 8.76. The highest BCUT2D eigenvalue weighted by atomic mass is 32.2. The highest BCUT2D eigenvalue weighted by Gasteiger charge is 2.13. The normalized spacial score (nSPS) is 10.4. The number of Topliss-reactive ketones (excluding diaryl/α,β-unsaturated/α-hetero) is 1. The van der Waals surface area contributed by atoms with Crippen molar-refractivity contribution >= 4 is 43.7 Å². The van der Waals surface area contributed by atoms with Gasteiger partial charge in [-0.15, -0.1) is 0 Å². The van der Waals surface area contributed by atoms with Gasteiger partial charge in [-0.3, -0.25) is 23.4 Å². The van der Waals surface area contributed by atoms with Crippen molar-refractivity contribution < 1.29 is 78.1 Å². The molecule has 0 saturated carbocycles. The third-order valence-electron chi connectivity index (χ3n) is 8.82. The molecular formula is C54H117N3O17S2. The van der Waals surface area contributed by atoms with Crippen molar-refractivity contribution in [3.63, 3.8) is 0 Å². The monoisotopic (exact) mass is 1140 g/mol. The number of carbonyl (C=O) groups is 4. The summed E-state index contributed by atoms with van der Waals surface area (Å²) in [5.41, 5.74) is 0. The van der Waals surface area contributed by atoms with Crippen LogP contribution in [-0.2, 0) is 81.4 Å². The van der Waals surface area contributed by atoms with E-state index in [-0.39, 0.29) is 49.4 Å². The zero-order valence-electron chi connectivity index (χ0n) is 50.7. The number of esters is 1. The number of ketones is 1. The summed E-state index contributed by atoms with van der Waals surface area (Å²) in [6.07, 6.45) is 17.5. The zero-order chi connectivity index (χ0) is 59.3. The minimum Gasteiger partial charge on any atom is -0.466 e. The van der Waals surface area contributed by atoms with E-state index >= 15 is 0 Å². The van der Waals surface area contributed by atoms with Crippen LogP contribution in [0.15, 0.2) is 0 Å². The fourth-order valence-electron chi connectivity index (χ4n) is 4.66. The number of ether oxygens (including phenoxy) is 8. The number of carbonyl (C=O) groups excluding carboxylic acids is 4. The summed E-state index contributed by atoms with van der Waals surface area (Å²) >= 11 is 0. The summed E-state index contributed by atoms with van der Waals surface area (Å²) in [7, 11) is -1.36. The van der Waals surface area contributed by atoms with Gasteiger partial charge in [-0.1, -0.05) is 94.9 Å². The molecule has 0 bridgehead atoms. The van der Waals surface area contributed by atoms with Crippen LogP contribution in [0, 0.1) is 0 Å². The maximum absolute atomic E-state index is 11.2. The third kappa shape index (κ3) is 104. The lowest BCUT2D eigenvalue weighted by Gasteiger charge is -2.05. The van der Waals surface area contributed by atoms with Crippen molar-refractivity contribution in [2.75, 3.05) is 139 Å². The molecule has 0 atom stereocenters. The Hall–Kier alpha value is -2.38. The molecule has 20 nitrogen and oxygen atoms in total. The molecule has 3 N–H and O–H groups in total. The molecule has 0 aromatic heterocycles. The van der Waals surface area contributed by atoms with Gasteiger partial charge in [0.1, 0.15) is 5.78 Å². The van der Waals surface area contributed by atoms with Gasteiger partial charge in [-0.05, 0) is 64.2 Å². The van der Waals surface area contributed by atoms with Gasteiger partial charge < -0.3 is 48.5 Å². The molecule has 0 unspecified atom stereocenters. The molecule has 0 aliphatic rings. The number of sulfonamides is 1. The van der Waals surface area contributed by atoms with E-state index in [1.54, 1.807) is 21.3 Å². The van der Waals surface area contributed by atoms with Crippen LogP contribution >= 0.6 is 0 Å². The molecule has 0 rings (SSSR count). The molecule has 0 fully saturated rings. The number of unbranched alkanes of at least 4 members (excludes halogenated alkanes) is 5. The molecule has 0 aromatic carbocycles. The Kier molecular flexibility index (Phi) is 88.5. The van der Waals surface area contributed by atoms with E-state index in [1.165, 1.54) is 31.9 Å². The van der Waals surface area contributed by atoms with Gasteiger partial charge in [0.05, 0.1) is 71.3 Å². The van der Waals surface area contributed by atoms with E-state index in [2.05, 4.69) is 47.2 Å². The SMILES string of the molecule is CCC(=O)CC.CCCCCNS(C)(=O)=O.CCCNC(=O)CCC(=O)OCCC.CCCNC(=O)CCS(=O)(=O)OCCC.CCCOC.CCCOCCCCCCOC.CCCOCCOCCOCCOC. The number of amides is 2. The van der Waals surface area contributed by atoms with Gasteiger partial charge in [0.2, 0.25) is 21.8 Å². The minimum atomic E-state index is -3.52. The second kappa shape index (κ2) is 76.9. The van der Waals surface area contributed by atoms with Gasteiger partial charge in [0.25, 0.3) is 10.1 Å². The molecule has 0 aromatic rings. The second-order valence-electron chi connectivity index (χ2n) is 16.7. The number of methoxy groups -OCH3 is 3. The first kappa shape index (κ1) is 87.5. The Morgan fingerprint density at radius 2 is 0.829 bits per heavy atom. The molecule has 0 aliphatic heterocycles. The summed E-state index contributed by atoms with van der Waals surface area (Å²) in [5.74, 6) is -0.531. The predicted molar refractivity (Wildman–Crippen MR) is 308 cm³/mol. The van der Waals surface area contributed by atoms with Crippen molar-refractivity contribution in [3.8, 4) is 0 Å². The van der Waals surface area contributed by atoms with Crippen molar-refractivity contribution in [1.29, 1.82) is 0 Å². The van der Waals surface area contributed by atoms with Crippen LogP contribution in [0.2, 0.25) is 0 Å². The average Bonchev–Trinajstić information content (AvgIpc) is 3.40. The van der Waals surface area contributed by atoms with E-state index < -0.39 is 20.1 Å². The first-order valence-corrected chi connectivity index (χ1v) is 31.6. The molecule has 0 aliphatic carbocycles. The van der Waals surface area contributed by atoms with E-state index in [0.29, 0.717) is 90.9 Å².